The van der Waals surface area contributed by atoms with Gasteiger partial charge < -0.3 is 9.09 Å². The third kappa shape index (κ3) is 3.78. The van der Waals surface area contributed by atoms with E-state index in [0.29, 0.717) is 24.5 Å². The monoisotopic (exact) mass is 481 g/mol. The summed E-state index contributed by atoms with van der Waals surface area (Å²) in [5, 5.41) is 12.4. The van der Waals surface area contributed by atoms with Gasteiger partial charge in [0, 0.05) is 30.9 Å². The summed E-state index contributed by atoms with van der Waals surface area (Å²) in [6, 6.07) is 5.36. The predicted molar refractivity (Wildman–Crippen MR) is 111 cm³/mol. The van der Waals surface area contributed by atoms with Crippen molar-refractivity contribution < 1.29 is 26.5 Å². The van der Waals surface area contributed by atoms with E-state index in [1.54, 1.807) is 17.7 Å². The highest BCUT2D eigenvalue weighted by Crippen LogP contribution is 2.55. The van der Waals surface area contributed by atoms with E-state index in [-0.39, 0.29) is 28.6 Å². The number of rotatable bonds is 4. The van der Waals surface area contributed by atoms with Crippen LogP contribution in [0.2, 0.25) is 0 Å². The second kappa shape index (κ2) is 7.84. The van der Waals surface area contributed by atoms with Crippen LogP contribution in [0.1, 0.15) is 74.5 Å². The molecule has 0 radical (unpaired) electrons. The van der Waals surface area contributed by atoms with Gasteiger partial charge in [-0.2, -0.15) is 26.9 Å². The molecule has 0 N–H and O–H groups in total. The van der Waals surface area contributed by atoms with Gasteiger partial charge in [-0.05, 0) is 44.1 Å². The number of nitrogens with zero attached hydrogens (tertiary/aromatic N) is 5. The van der Waals surface area contributed by atoms with Gasteiger partial charge >= 0.3 is 12.1 Å². The van der Waals surface area contributed by atoms with E-state index in [2.05, 4.69) is 20.3 Å². The fourth-order valence-electron chi connectivity index (χ4n) is 5.82. The predicted octanol–water partition coefficient (Wildman–Crippen LogP) is 6.00. The number of aromatic nitrogens is 5. The maximum absolute atomic E-state index is 13.6. The Morgan fingerprint density at radius 3 is 2.53 bits per heavy atom. The molecule has 0 amide bonds. The van der Waals surface area contributed by atoms with Crippen molar-refractivity contribution in [1.29, 1.82) is 0 Å². The van der Waals surface area contributed by atoms with Crippen LogP contribution >= 0.6 is 0 Å². The summed E-state index contributed by atoms with van der Waals surface area (Å²) in [6.07, 6.45) is 0.170. The fourth-order valence-corrected chi connectivity index (χ4v) is 5.82. The number of halogens is 5. The van der Waals surface area contributed by atoms with Crippen molar-refractivity contribution in [2.45, 2.75) is 68.9 Å². The Labute approximate surface area is 192 Å². The molecule has 11 heteroatoms. The van der Waals surface area contributed by atoms with E-state index >= 15 is 0 Å². The van der Waals surface area contributed by atoms with Crippen molar-refractivity contribution in [1.82, 2.24) is 24.9 Å². The van der Waals surface area contributed by atoms with Crippen LogP contribution in [0.25, 0.3) is 11.4 Å². The smallest absolute Gasteiger partial charge is 0.333 e. The lowest BCUT2D eigenvalue weighted by atomic mass is 9.58. The Bertz CT molecular complexity index is 1200. The molecule has 6 nitrogen and oxygen atoms in total. The van der Waals surface area contributed by atoms with Crippen LogP contribution in [0, 0.1) is 5.92 Å². The van der Waals surface area contributed by atoms with Gasteiger partial charge in [0.25, 0.3) is 5.89 Å². The third-order valence-electron chi connectivity index (χ3n) is 7.36. The molecule has 1 aromatic carbocycles. The van der Waals surface area contributed by atoms with Crippen molar-refractivity contribution in [3.63, 3.8) is 0 Å². The number of fused-ring (bicyclic) bond motifs is 2. The molecule has 2 bridgehead atoms. The van der Waals surface area contributed by atoms with Crippen LogP contribution in [0.4, 0.5) is 22.0 Å². The lowest BCUT2D eigenvalue weighted by Crippen LogP contribution is -2.42. The fraction of sp³-hybridized carbons (Fsp3) is 0.565. The lowest BCUT2D eigenvalue weighted by Gasteiger charge is -2.47. The van der Waals surface area contributed by atoms with Crippen LogP contribution in [-0.4, -0.2) is 24.9 Å². The molecule has 0 saturated heterocycles. The zero-order valence-electron chi connectivity index (χ0n) is 18.7. The molecule has 3 unspecified atom stereocenters. The van der Waals surface area contributed by atoms with E-state index < -0.39 is 23.6 Å². The van der Waals surface area contributed by atoms with Crippen molar-refractivity contribution >= 4 is 0 Å². The van der Waals surface area contributed by atoms with E-state index in [1.807, 2.05) is 0 Å². The minimum atomic E-state index is -4.51. The number of benzene rings is 1. The molecule has 2 saturated carbocycles. The first-order chi connectivity index (χ1) is 16.0. The highest BCUT2D eigenvalue weighted by Gasteiger charge is 2.49. The number of alkyl halides is 5. The molecule has 2 fully saturated rings. The average Bonchev–Trinajstić information content (AvgIpc) is 3.41. The van der Waals surface area contributed by atoms with Gasteiger partial charge in [-0.1, -0.05) is 29.8 Å². The van der Waals surface area contributed by atoms with Crippen molar-refractivity contribution in [3.8, 4) is 11.4 Å². The third-order valence-corrected chi connectivity index (χ3v) is 7.36. The molecule has 182 valence electrons. The molecular formula is C23H24F5N5O. The topological polar surface area (TPSA) is 69.6 Å². The zero-order chi connectivity index (χ0) is 24.3. The molecular weight excluding hydrogens is 457 g/mol. The van der Waals surface area contributed by atoms with E-state index in [0.717, 1.165) is 38.7 Å². The highest BCUT2D eigenvalue weighted by molar-refractivity contribution is 5.61. The van der Waals surface area contributed by atoms with E-state index in [1.165, 1.54) is 12.1 Å². The Kier molecular flexibility index (Phi) is 5.29. The Morgan fingerprint density at radius 2 is 1.82 bits per heavy atom. The first-order valence-electron chi connectivity index (χ1n) is 11.3. The minimum Gasteiger partial charge on any atom is -0.333 e. The molecule has 2 aliphatic carbocycles. The molecule has 0 spiro atoms. The molecule has 5 rings (SSSR count). The molecule has 0 aliphatic heterocycles. The Hall–Kier alpha value is -2.85. The summed E-state index contributed by atoms with van der Waals surface area (Å²) in [6.45, 7) is 0.722. The summed E-state index contributed by atoms with van der Waals surface area (Å²) in [4.78, 5) is 3.97. The van der Waals surface area contributed by atoms with Crippen molar-refractivity contribution in [3.05, 3.63) is 47.4 Å². The van der Waals surface area contributed by atoms with Gasteiger partial charge in [0.2, 0.25) is 0 Å². The van der Waals surface area contributed by atoms with Crippen molar-refractivity contribution in [2.24, 2.45) is 13.0 Å². The lowest BCUT2D eigenvalue weighted by molar-refractivity contribution is -0.137. The second-order valence-corrected chi connectivity index (χ2v) is 9.58. The van der Waals surface area contributed by atoms with Crippen LogP contribution < -0.4 is 0 Å². The second-order valence-electron chi connectivity index (χ2n) is 9.58. The highest BCUT2D eigenvalue weighted by atomic mass is 19.4. The van der Waals surface area contributed by atoms with Gasteiger partial charge in [0.1, 0.15) is 5.82 Å². The van der Waals surface area contributed by atoms with Gasteiger partial charge in [0.05, 0.1) is 5.56 Å². The van der Waals surface area contributed by atoms with Gasteiger partial charge in [-0.15, -0.1) is 10.2 Å². The van der Waals surface area contributed by atoms with Crippen LogP contribution in [0.15, 0.2) is 28.8 Å². The Balaban J connectivity index is 1.46. The van der Waals surface area contributed by atoms with E-state index in [9.17, 15) is 22.0 Å². The normalized spacial score (nSPS) is 25.5. The largest absolute Gasteiger partial charge is 0.417 e. The standard InChI is InChI=1S/C23H24F5N5O/c1-21(24,25)20-29-17(32-34-20)14-9-11-22(10-5-6-13(14)12-22)19-31-30-18(33(19)2)15-7-3-4-8-16(15)23(26,27)28/h3-4,7-8,13-14H,5-6,9-12H2,1-2H3. The quantitative estimate of drug-likeness (QED) is 0.428. The molecule has 2 aliphatic rings. The Morgan fingerprint density at radius 1 is 1.06 bits per heavy atom. The summed E-state index contributed by atoms with van der Waals surface area (Å²) in [5.74, 6) is -2.71. The van der Waals surface area contributed by atoms with Crippen LogP contribution in [0.3, 0.4) is 0 Å². The maximum atomic E-state index is 13.6. The van der Waals surface area contributed by atoms with Crippen LogP contribution in [0.5, 0.6) is 0 Å². The molecule has 2 aromatic heterocycles. The number of hydrogen-bond acceptors (Lipinski definition) is 5. The first-order valence-corrected chi connectivity index (χ1v) is 11.3. The molecule has 3 aromatic rings. The molecule has 3 atom stereocenters. The van der Waals surface area contributed by atoms with E-state index in [4.69, 9.17) is 4.52 Å². The number of hydrogen-bond donors (Lipinski definition) is 0. The van der Waals surface area contributed by atoms with Gasteiger partial charge in [-0.25, -0.2) is 0 Å². The average molecular weight is 481 g/mol. The van der Waals surface area contributed by atoms with Crippen molar-refractivity contribution in [2.75, 3.05) is 0 Å². The van der Waals surface area contributed by atoms with Crippen LogP contribution in [-0.2, 0) is 24.6 Å². The van der Waals surface area contributed by atoms with Gasteiger partial charge in [-0.3, -0.25) is 0 Å². The maximum Gasteiger partial charge on any atom is 0.417 e. The van der Waals surface area contributed by atoms with Gasteiger partial charge in [0.15, 0.2) is 11.6 Å². The first kappa shape index (κ1) is 22.9. The SMILES string of the molecule is Cn1c(-c2ccccc2C(F)(F)F)nnc1C12CCCC(C1)C(c1noc(C(C)(F)F)n1)CC2. The summed E-state index contributed by atoms with van der Waals surface area (Å²) in [5.41, 5.74) is -1.10. The zero-order valence-corrected chi connectivity index (χ0v) is 18.7. The summed E-state index contributed by atoms with van der Waals surface area (Å²) < 4.78 is 74.4. The summed E-state index contributed by atoms with van der Waals surface area (Å²) in [7, 11) is 1.71. The minimum absolute atomic E-state index is 0.00600. The summed E-state index contributed by atoms with van der Waals surface area (Å²) >= 11 is 0. The molecule has 2 heterocycles. The molecule has 34 heavy (non-hydrogen) atoms.